The predicted octanol–water partition coefficient (Wildman–Crippen LogP) is 5.07. The Morgan fingerprint density at radius 3 is 2.37 bits per heavy atom. The van der Waals surface area contributed by atoms with Gasteiger partial charge in [0.25, 0.3) is 0 Å². The van der Waals surface area contributed by atoms with Gasteiger partial charge in [-0.1, -0.05) is 71.8 Å². The fraction of sp³-hybridized carbons (Fsp3) is 0.306. The molecule has 2 aliphatic carbocycles. The molecule has 3 aromatic carbocycles. The molecule has 46 heavy (non-hydrogen) atoms. The van der Waals surface area contributed by atoms with Crippen LogP contribution >= 0.6 is 11.6 Å². The van der Waals surface area contributed by atoms with E-state index in [1.165, 1.54) is 15.9 Å². The van der Waals surface area contributed by atoms with Crippen LogP contribution in [0.15, 0.2) is 90.5 Å². The largest absolute Gasteiger partial charge is 0.508 e. The first-order valence-electron chi connectivity index (χ1n) is 15.4. The van der Waals surface area contributed by atoms with E-state index < -0.39 is 52.8 Å². The molecule has 9 nitrogen and oxygen atoms in total. The highest BCUT2D eigenvalue weighted by atomic mass is 35.5. The minimum Gasteiger partial charge on any atom is -0.508 e. The number of fused-ring (bicyclic) bond motifs is 4. The van der Waals surface area contributed by atoms with Crippen molar-refractivity contribution >= 4 is 46.9 Å². The highest BCUT2D eigenvalue weighted by molar-refractivity contribution is 6.32. The molecule has 4 aliphatic rings. The van der Waals surface area contributed by atoms with Gasteiger partial charge in [-0.25, -0.2) is 4.90 Å². The Bertz CT molecular complexity index is 1820. The fourth-order valence-corrected chi connectivity index (χ4v) is 8.68. The summed E-state index contributed by atoms with van der Waals surface area (Å²) in [7, 11) is 0. The molecule has 2 saturated heterocycles. The first-order chi connectivity index (χ1) is 22.1. The molecule has 6 unspecified atom stereocenters. The van der Waals surface area contributed by atoms with Gasteiger partial charge in [0, 0.05) is 23.9 Å². The Hall–Kier alpha value is -4.76. The molecule has 0 spiro atoms. The summed E-state index contributed by atoms with van der Waals surface area (Å²) in [6, 6.07) is 22.4. The number of carbonyl (C=O) groups excluding carboxylic acids is 4. The van der Waals surface area contributed by atoms with Gasteiger partial charge >= 0.3 is 5.97 Å². The number of carboxylic acid groups (broad SMARTS) is 1. The number of benzene rings is 3. The molecule has 234 valence electrons. The van der Waals surface area contributed by atoms with Crippen LogP contribution < -0.4 is 4.90 Å². The number of imide groups is 2. The Morgan fingerprint density at radius 1 is 0.891 bits per heavy atom. The van der Waals surface area contributed by atoms with Crippen LogP contribution in [0.25, 0.3) is 0 Å². The van der Waals surface area contributed by atoms with Gasteiger partial charge in [0.2, 0.25) is 23.6 Å². The molecule has 2 aliphatic heterocycles. The van der Waals surface area contributed by atoms with E-state index in [0.29, 0.717) is 21.8 Å². The molecular formula is C36H31ClN2O7. The van der Waals surface area contributed by atoms with E-state index in [4.69, 9.17) is 16.7 Å². The quantitative estimate of drug-likeness (QED) is 0.273. The van der Waals surface area contributed by atoms with Crippen molar-refractivity contribution < 1.29 is 34.2 Å². The Kier molecular flexibility index (Phi) is 7.31. The van der Waals surface area contributed by atoms with Crippen molar-refractivity contribution in [2.24, 2.45) is 23.7 Å². The molecule has 6 atom stereocenters. The summed E-state index contributed by atoms with van der Waals surface area (Å²) in [6.45, 7) is 0.00630. The Labute approximate surface area is 270 Å². The van der Waals surface area contributed by atoms with Crippen molar-refractivity contribution in [1.29, 1.82) is 0 Å². The second-order valence-corrected chi connectivity index (χ2v) is 13.0. The number of likely N-dealkylation sites (tertiary alicyclic amines) is 1. The maximum Gasteiger partial charge on any atom is 0.303 e. The van der Waals surface area contributed by atoms with Gasteiger partial charge in [-0.05, 0) is 66.6 Å². The van der Waals surface area contributed by atoms with Crippen molar-refractivity contribution in [1.82, 2.24) is 4.90 Å². The number of carboxylic acids is 1. The number of phenolic OH excluding ortho intramolecular Hbond substituents is 1. The Balaban J connectivity index is 1.42. The van der Waals surface area contributed by atoms with Gasteiger partial charge in [0.1, 0.15) is 5.75 Å². The van der Waals surface area contributed by atoms with Crippen LogP contribution in [0.5, 0.6) is 5.75 Å². The minimum absolute atomic E-state index is 0.00568. The Morgan fingerprint density at radius 2 is 1.65 bits per heavy atom. The fourth-order valence-electron chi connectivity index (χ4n) is 8.50. The van der Waals surface area contributed by atoms with Crippen LogP contribution in [0, 0.1) is 23.7 Å². The lowest BCUT2D eigenvalue weighted by Gasteiger charge is -2.50. The maximum atomic E-state index is 15.1. The summed E-state index contributed by atoms with van der Waals surface area (Å²) in [6.07, 6.45) is 2.34. The third kappa shape index (κ3) is 4.40. The van der Waals surface area contributed by atoms with E-state index in [0.717, 1.165) is 5.57 Å². The summed E-state index contributed by atoms with van der Waals surface area (Å²) in [4.78, 5) is 70.8. The SMILES string of the molecule is O=C(O)CCCN1C(=O)C2CC=C3C(CC4C(=O)N(c5cccc(Cl)c5)C(=O)C4(c4ccccc4)C3c3cccc(O)c3)C2C1=O. The number of aliphatic carboxylic acids is 1. The van der Waals surface area contributed by atoms with E-state index >= 15 is 4.79 Å². The van der Waals surface area contributed by atoms with Gasteiger partial charge in [0.15, 0.2) is 0 Å². The van der Waals surface area contributed by atoms with Crippen LogP contribution in [0.3, 0.4) is 0 Å². The predicted molar refractivity (Wildman–Crippen MR) is 168 cm³/mol. The third-order valence-corrected chi connectivity index (χ3v) is 10.5. The first kappa shape index (κ1) is 29.9. The number of halogens is 1. The molecule has 0 radical (unpaired) electrons. The van der Waals surface area contributed by atoms with Crippen molar-refractivity contribution in [3.8, 4) is 5.75 Å². The topological polar surface area (TPSA) is 132 Å². The number of hydrogen-bond donors (Lipinski definition) is 2. The van der Waals surface area contributed by atoms with Crippen molar-refractivity contribution in [3.05, 3.63) is 107 Å². The van der Waals surface area contributed by atoms with Crippen molar-refractivity contribution in [2.75, 3.05) is 11.4 Å². The zero-order valence-corrected chi connectivity index (χ0v) is 25.5. The summed E-state index contributed by atoms with van der Waals surface area (Å²) in [5, 5.41) is 20.1. The normalized spacial score (nSPS) is 28.5. The number of hydrogen-bond acceptors (Lipinski definition) is 6. The second kappa shape index (κ2) is 11.2. The van der Waals surface area contributed by atoms with Crippen LogP contribution in [0.1, 0.15) is 42.7 Å². The number of carbonyl (C=O) groups is 5. The highest BCUT2D eigenvalue weighted by Gasteiger charge is 2.70. The smallest absolute Gasteiger partial charge is 0.303 e. The van der Waals surface area contributed by atoms with Gasteiger partial charge in [0.05, 0.1) is 28.9 Å². The number of amides is 4. The minimum atomic E-state index is -1.42. The van der Waals surface area contributed by atoms with Crippen molar-refractivity contribution in [3.63, 3.8) is 0 Å². The molecule has 7 rings (SSSR count). The summed E-state index contributed by atoms with van der Waals surface area (Å²) < 4.78 is 0. The monoisotopic (exact) mass is 638 g/mol. The van der Waals surface area contributed by atoms with Crippen LogP contribution in [0.4, 0.5) is 5.69 Å². The second-order valence-electron chi connectivity index (χ2n) is 12.5. The molecule has 1 saturated carbocycles. The molecular weight excluding hydrogens is 608 g/mol. The van der Waals surface area contributed by atoms with E-state index in [-0.39, 0.29) is 49.8 Å². The number of phenols is 1. The first-order valence-corrected chi connectivity index (χ1v) is 15.8. The summed E-state index contributed by atoms with van der Waals surface area (Å²) in [5.74, 6) is -6.14. The number of allylic oxidation sites excluding steroid dienone is 2. The lowest BCUT2D eigenvalue weighted by molar-refractivity contribution is -0.142. The molecule has 4 amide bonds. The van der Waals surface area contributed by atoms with E-state index in [1.54, 1.807) is 36.4 Å². The standard InChI is InChI=1S/C36H31ClN2O7/c37-22-10-5-11-23(18-22)39-33(44)28-19-27-25(14-15-26-30(27)34(45)38(32(26)43)16-6-13-29(41)42)31(20-7-4-12-24(40)17-20)36(28,35(39)46)21-8-2-1-3-9-21/h1-5,7-12,14,17-18,26-28,30-31,40H,6,13,15-16,19H2,(H,41,42). The highest BCUT2D eigenvalue weighted by Crippen LogP contribution is 2.64. The van der Waals surface area contributed by atoms with Gasteiger partial charge < -0.3 is 10.2 Å². The van der Waals surface area contributed by atoms with E-state index in [2.05, 4.69) is 0 Å². The van der Waals surface area contributed by atoms with E-state index in [9.17, 15) is 24.3 Å². The average molecular weight is 639 g/mol. The van der Waals surface area contributed by atoms with Gasteiger partial charge in [-0.15, -0.1) is 0 Å². The molecule has 3 aromatic rings. The molecule has 0 bridgehead atoms. The van der Waals surface area contributed by atoms with Crippen molar-refractivity contribution in [2.45, 2.75) is 37.0 Å². The zero-order valence-electron chi connectivity index (χ0n) is 24.7. The van der Waals surface area contributed by atoms with E-state index in [1.807, 2.05) is 42.5 Å². The zero-order chi connectivity index (χ0) is 32.3. The van der Waals surface area contributed by atoms with Crippen LogP contribution in [-0.2, 0) is 29.4 Å². The van der Waals surface area contributed by atoms with Gasteiger partial charge in [-0.3, -0.25) is 28.9 Å². The molecule has 2 N–H and O–H groups in total. The molecule has 0 aromatic heterocycles. The maximum absolute atomic E-state index is 15.1. The molecule has 3 fully saturated rings. The number of aromatic hydroxyl groups is 1. The van der Waals surface area contributed by atoms with Gasteiger partial charge in [-0.2, -0.15) is 0 Å². The average Bonchev–Trinajstić information content (AvgIpc) is 3.42. The lowest BCUT2D eigenvalue weighted by atomic mass is 9.49. The third-order valence-electron chi connectivity index (χ3n) is 10.2. The number of nitrogens with zero attached hydrogens (tertiary/aromatic N) is 2. The number of rotatable bonds is 7. The van der Waals surface area contributed by atoms with Crippen LogP contribution in [0.2, 0.25) is 5.02 Å². The lowest BCUT2D eigenvalue weighted by Crippen LogP contribution is -2.53. The number of anilines is 1. The summed E-state index contributed by atoms with van der Waals surface area (Å²) in [5.41, 5.74) is 0.966. The van der Waals surface area contributed by atoms with Crippen LogP contribution in [-0.4, -0.2) is 51.3 Å². The summed E-state index contributed by atoms with van der Waals surface area (Å²) >= 11 is 6.33. The molecule has 2 heterocycles. The molecule has 10 heteroatoms.